The van der Waals surface area contributed by atoms with Gasteiger partial charge in [-0.1, -0.05) is 12.1 Å². The van der Waals surface area contributed by atoms with Crippen LogP contribution in [0.1, 0.15) is 16.9 Å². The minimum atomic E-state index is -4.32. The molecule has 0 aliphatic rings. The Bertz CT molecular complexity index is 609. The molecule has 118 valence electrons. The van der Waals surface area contributed by atoms with Gasteiger partial charge in [0.1, 0.15) is 5.76 Å². The molecule has 1 heterocycles. The Kier molecular flexibility index (Phi) is 5.07. The summed E-state index contributed by atoms with van der Waals surface area (Å²) in [5.41, 5.74) is 0.0927. The highest BCUT2D eigenvalue weighted by atomic mass is 32.1. The van der Waals surface area contributed by atoms with Crippen molar-refractivity contribution in [3.05, 3.63) is 59.5 Å². The van der Waals surface area contributed by atoms with Gasteiger partial charge in [0.2, 0.25) is 0 Å². The first-order chi connectivity index (χ1) is 10.4. The van der Waals surface area contributed by atoms with Crippen LogP contribution in [0.3, 0.4) is 0 Å². The average Bonchev–Trinajstić information content (AvgIpc) is 2.97. The van der Waals surface area contributed by atoms with E-state index in [9.17, 15) is 13.2 Å². The first kappa shape index (κ1) is 16.4. The van der Waals surface area contributed by atoms with Crippen LogP contribution >= 0.6 is 12.2 Å². The van der Waals surface area contributed by atoms with Crippen LogP contribution in [0.2, 0.25) is 0 Å². The van der Waals surface area contributed by atoms with Crippen LogP contribution in [-0.4, -0.2) is 17.1 Å². The van der Waals surface area contributed by atoms with Crippen molar-refractivity contribution in [3.63, 3.8) is 0 Å². The standard InChI is InChI=1S/C15H15F3N2OS/c1-20(14(22)19-9-13-3-2-8-21-13)10-11-4-6-12(7-5-11)15(16,17)18/h2-8H,9-10H2,1H3,(H,19,22). The molecule has 1 aromatic carbocycles. The normalized spacial score (nSPS) is 11.3. The Morgan fingerprint density at radius 2 is 1.91 bits per heavy atom. The summed E-state index contributed by atoms with van der Waals surface area (Å²) in [6.07, 6.45) is -2.74. The minimum Gasteiger partial charge on any atom is -0.467 e. The Balaban J connectivity index is 1.88. The van der Waals surface area contributed by atoms with Gasteiger partial charge in [-0.15, -0.1) is 0 Å². The monoisotopic (exact) mass is 328 g/mol. The Labute approximate surface area is 131 Å². The van der Waals surface area contributed by atoms with Gasteiger partial charge in [-0.2, -0.15) is 13.2 Å². The van der Waals surface area contributed by atoms with E-state index in [-0.39, 0.29) is 0 Å². The molecule has 22 heavy (non-hydrogen) atoms. The van der Waals surface area contributed by atoms with Gasteiger partial charge in [-0.25, -0.2) is 0 Å². The number of hydrogen-bond donors (Lipinski definition) is 1. The second-order valence-corrected chi connectivity index (χ2v) is 5.18. The van der Waals surface area contributed by atoms with Crippen molar-refractivity contribution in [1.29, 1.82) is 0 Å². The number of thiocarbonyl (C=S) groups is 1. The largest absolute Gasteiger partial charge is 0.467 e. The predicted molar refractivity (Wildman–Crippen MR) is 81.1 cm³/mol. The van der Waals surface area contributed by atoms with Crippen molar-refractivity contribution in [2.24, 2.45) is 0 Å². The molecular weight excluding hydrogens is 313 g/mol. The summed E-state index contributed by atoms with van der Waals surface area (Å²) < 4.78 is 42.7. The lowest BCUT2D eigenvalue weighted by Crippen LogP contribution is -2.36. The minimum absolute atomic E-state index is 0.419. The van der Waals surface area contributed by atoms with Crippen LogP contribution < -0.4 is 5.32 Å². The SMILES string of the molecule is CN(Cc1ccc(C(F)(F)F)cc1)C(=S)NCc1ccco1. The summed E-state index contributed by atoms with van der Waals surface area (Å²) in [6.45, 7) is 0.880. The lowest BCUT2D eigenvalue weighted by atomic mass is 10.1. The molecule has 0 aliphatic heterocycles. The fraction of sp³-hybridized carbons (Fsp3) is 0.267. The third-order valence-corrected chi connectivity index (χ3v) is 3.50. The van der Waals surface area contributed by atoms with Gasteiger partial charge in [-0.05, 0) is 42.0 Å². The van der Waals surface area contributed by atoms with Crippen LogP contribution in [0.15, 0.2) is 47.1 Å². The van der Waals surface area contributed by atoms with Crippen molar-refractivity contribution in [2.45, 2.75) is 19.3 Å². The van der Waals surface area contributed by atoms with Gasteiger partial charge in [0.25, 0.3) is 0 Å². The zero-order valence-corrected chi connectivity index (χ0v) is 12.7. The van der Waals surface area contributed by atoms with E-state index in [0.717, 1.165) is 23.5 Å². The molecule has 0 fully saturated rings. The number of furan rings is 1. The van der Waals surface area contributed by atoms with Gasteiger partial charge in [0.15, 0.2) is 5.11 Å². The molecule has 0 unspecified atom stereocenters. The number of alkyl halides is 3. The van der Waals surface area contributed by atoms with E-state index in [0.29, 0.717) is 18.2 Å². The third-order valence-electron chi connectivity index (χ3n) is 3.04. The summed E-state index contributed by atoms with van der Waals surface area (Å²) in [5, 5.41) is 3.52. The van der Waals surface area contributed by atoms with Crippen LogP contribution in [0, 0.1) is 0 Å². The number of benzene rings is 1. The number of halogens is 3. The van der Waals surface area contributed by atoms with Gasteiger partial charge in [0, 0.05) is 13.6 Å². The van der Waals surface area contributed by atoms with Crippen molar-refractivity contribution in [1.82, 2.24) is 10.2 Å². The van der Waals surface area contributed by atoms with Gasteiger partial charge in [-0.3, -0.25) is 0 Å². The topological polar surface area (TPSA) is 28.4 Å². The van der Waals surface area contributed by atoms with E-state index in [4.69, 9.17) is 16.6 Å². The van der Waals surface area contributed by atoms with E-state index in [1.54, 1.807) is 24.3 Å². The maximum atomic E-state index is 12.5. The zero-order chi connectivity index (χ0) is 16.2. The van der Waals surface area contributed by atoms with Crippen molar-refractivity contribution in [2.75, 3.05) is 7.05 Å². The highest BCUT2D eigenvalue weighted by molar-refractivity contribution is 7.80. The first-order valence-electron chi connectivity index (χ1n) is 6.54. The van der Waals surface area contributed by atoms with Gasteiger partial charge in [0.05, 0.1) is 18.4 Å². The molecule has 0 aliphatic carbocycles. The Morgan fingerprint density at radius 3 is 2.45 bits per heavy atom. The van der Waals surface area contributed by atoms with Gasteiger partial charge >= 0.3 is 6.18 Å². The van der Waals surface area contributed by atoms with E-state index in [2.05, 4.69) is 5.32 Å². The van der Waals surface area contributed by atoms with E-state index in [1.165, 1.54) is 12.1 Å². The Hall–Kier alpha value is -2.02. The summed E-state index contributed by atoms with van der Waals surface area (Å²) in [5.74, 6) is 0.755. The predicted octanol–water partition coefficient (Wildman–Crippen LogP) is 3.80. The smallest absolute Gasteiger partial charge is 0.416 e. The molecule has 1 aromatic heterocycles. The second-order valence-electron chi connectivity index (χ2n) is 4.79. The fourth-order valence-electron chi connectivity index (χ4n) is 1.86. The molecule has 0 atom stereocenters. The molecular formula is C15H15F3N2OS. The summed E-state index contributed by atoms with van der Waals surface area (Å²) in [6, 6.07) is 8.66. The fourth-order valence-corrected chi connectivity index (χ4v) is 1.99. The zero-order valence-electron chi connectivity index (χ0n) is 11.9. The molecule has 0 radical (unpaired) electrons. The van der Waals surface area contributed by atoms with Crippen LogP contribution in [-0.2, 0) is 19.3 Å². The lowest BCUT2D eigenvalue weighted by molar-refractivity contribution is -0.137. The van der Waals surface area contributed by atoms with Crippen LogP contribution in [0.25, 0.3) is 0 Å². The van der Waals surface area contributed by atoms with Crippen LogP contribution in [0.5, 0.6) is 0 Å². The maximum absolute atomic E-state index is 12.5. The lowest BCUT2D eigenvalue weighted by Gasteiger charge is -2.21. The van der Waals surface area contributed by atoms with E-state index < -0.39 is 11.7 Å². The van der Waals surface area contributed by atoms with Crippen molar-refractivity contribution >= 4 is 17.3 Å². The number of hydrogen-bond acceptors (Lipinski definition) is 2. The molecule has 0 amide bonds. The quantitative estimate of drug-likeness (QED) is 0.864. The molecule has 0 spiro atoms. The van der Waals surface area contributed by atoms with Crippen molar-refractivity contribution in [3.8, 4) is 0 Å². The first-order valence-corrected chi connectivity index (χ1v) is 6.94. The molecule has 0 bridgehead atoms. The molecule has 0 saturated heterocycles. The molecule has 1 N–H and O–H groups in total. The van der Waals surface area contributed by atoms with E-state index in [1.807, 2.05) is 6.07 Å². The molecule has 3 nitrogen and oxygen atoms in total. The average molecular weight is 328 g/mol. The summed E-state index contributed by atoms with van der Waals surface area (Å²) in [7, 11) is 1.77. The number of nitrogens with one attached hydrogen (secondary N) is 1. The number of rotatable bonds is 4. The Morgan fingerprint density at radius 1 is 1.23 bits per heavy atom. The molecule has 7 heteroatoms. The molecule has 2 rings (SSSR count). The summed E-state index contributed by atoms with van der Waals surface area (Å²) in [4.78, 5) is 1.75. The number of nitrogens with zero attached hydrogens (tertiary/aromatic N) is 1. The van der Waals surface area contributed by atoms with Crippen molar-refractivity contribution < 1.29 is 17.6 Å². The third kappa shape index (κ3) is 4.49. The van der Waals surface area contributed by atoms with Gasteiger partial charge < -0.3 is 14.6 Å². The highest BCUT2D eigenvalue weighted by Gasteiger charge is 2.29. The summed E-state index contributed by atoms with van der Waals surface area (Å²) >= 11 is 5.23. The highest BCUT2D eigenvalue weighted by Crippen LogP contribution is 2.29. The van der Waals surface area contributed by atoms with E-state index >= 15 is 0 Å². The maximum Gasteiger partial charge on any atom is 0.416 e. The van der Waals surface area contributed by atoms with Crippen LogP contribution in [0.4, 0.5) is 13.2 Å². The molecule has 2 aromatic rings. The molecule has 0 saturated carbocycles. The second kappa shape index (κ2) is 6.83.